The van der Waals surface area contributed by atoms with Crippen LogP contribution in [-0.2, 0) is 14.3 Å². The first-order valence-electron chi connectivity index (χ1n) is 8.31. The highest BCUT2D eigenvalue weighted by Crippen LogP contribution is 2.08. The fourth-order valence-electron chi connectivity index (χ4n) is 2.33. The number of carbonyl (C=O) groups is 3. The van der Waals surface area contributed by atoms with Gasteiger partial charge in [-0.05, 0) is 27.2 Å². The summed E-state index contributed by atoms with van der Waals surface area (Å²) in [6.07, 6.45) is 0.831. The van der Waals surface area contributed by atoms with Gasteiger partial charge >= 0.3 is 6.09 Å². The number of carbonyl (C=O) groups excluding carboxylic acids is 3. The van der Waals surface area contributed by atoms with Crippen LogP contribution in [0.1, 0.15) is 40.0 Å². The van der Waals surface area contributed by atoms with Crippen molar-refractivity contribution in [3.8, 4) is 0 Å². The first-order chi connectivity index (χ1) is 11.2. The molecule has 1 aliphatic rings. The Balaban J connectivity index is 2.24. The third-order valence-electron chi connectivity index (χ3n) is 3.52. The van der Waals surface area contributed by atoms with Crippen molar-refractivity contribution in [2.45, 2.75) is 45.6 Å². The lowest BCUT2D eigenvalue weighted by molar-refractivity contribution is -0.139. The fraction of sp³-hybridized carbons (Fsp3) is 0.812. The maximum Gasteiger partial charge on any atom is 0.407 e. The number of alkyl halides is 1. The largest absolute Gasteiger partial charge is 0.444 e. The second-order valence-electron chi connectivity index (χ2n) is 6.73. The SMILES string of the molecule is CC(C)(C)OC(=O)NCCC(=O)N1CCN(C(=O)CCCCl)CC1. The summed E-state index contributed by atoms with van der Waals surface area (Å²) in [5, 5.41) is 2.57. The van der Waals surface area contributed by atoms with Crippen LogP contribution in [0.15, 0.2) is 0 Å². The first kappa shape index (κ1) is 20.5. The van der Waals surface area contributed by atoms with Crippen molar-refractivity contribution in [3.05, 3.63) is 0 Å². The molecule has 0 radical (unpaired) electrons. The number of alkyl carbamates (subject to hydrolysis) is 1. The molecule has 1 aliphatic heterocycles. The Hall–Kier alpha value is -1.50. The molecule has 0 saturated carbocycles. The summed E-state index contributed by atoms with van der Waals surface area (Å²) >= 11 is 5.59. The second-order valence-corrected chi connectivity index (χ2v) is 7.11. The van der Waals surface area contributed by atoms with E-state index in [4.69, 9.17) is 16.3 Å². The van der Waals surface area contributed by atoms with Gasteiger partial charge in [0.1, 0.15) is 5.60 Å². The molecule has 8 heteroatoms. The van der Waals surface area contributed by atoms with Crippen molar-refractivity contribution in [2.24, 2.45) is 0 Å². The molecule has 1 heterocycles. The number of piperazine rings is 1. The van der Waals surface area contributed by atoms with Crippen molar-refractivity contribution in [2.75, 3.05) is 38.6 Å². The third kappa shape index (κ3) is 7.86. The van der Waals surface area contributed by atoms with E-state index < -0.39 is 11.7 Å². The molecule has 1 fully saturated rings. The van der Waals surface area contributed by atoms with E-state index in [0.29, 0.717) is 44.9 Å². The molecule has 0 bridgehead atoms. The van der Waals surface area contributed by atoms with Crippen molar-refractivity contribution in [1.29, 1.82) is 0 Å². The predicted molar refractivity (Wildman–Crippen MR) is 92.0 cm³/mol. The van der Waals surface area contributed by atoms with E-state index in [9.17, 15) is 14.4 Å². The molecule has 3 amide bonds. The Labute approximate surface area is 148 Å². The maximum atomic E-state index is 12.1. The van der Waals surface area contributed by atoms with Crippen molar-refractivity contribution < 1.29 is 19.1 Å². The van der Waals surface area contributed by atoms with Crippen LogP contribution in [0.4, 0.5) is 4.79 Å². The van der Waals surface area contributed by atoms with Crippen LogP contribution in [0.2, 0.25) is 0 Å². The van der Waals surface area contributed by atoms with E-state index in [-0.39, 0.29) is 24.8 Å². The highest BCUT2D eigenvalue weighted by atomic mass is 35.5. The van der Waals surface area contributed by atoms with Crippen LogP contribution >= 0.6 is 11.6 Å². The molecule has 0 aliphatic carbocycles. The smallest absolute Gasteiger partial charge is 0.407 e. The lowest BCUT2D eigenvalue weighted by atomic mass is 10.2. The predicted octanol–water partition coefficient (Wildman–Crippen LogP) is 1.59. The number of hydrogen-bond acceptors (Lipinski definition) is 4. The minimum absolute atomic E-state index is 0.0288. The molecular weight excluding hydrogens is 334 g/mol. The Bertz CT molecular complexity index is 443. The average molecular weight is 362 g/mol. The number of amides is 3. The van der Waals surface area contributed by atoms with E-state index in [0.717, 1.165) is 0 Å². The third-order valence-corrected chi connectivity index (χ3v) is 3.78. The van der Waals surface area contributed by atoms with Gasteiger partial charge in [-0.25, -0.2) is 4.79 Å². The molecule has 0 aromatic carbocycles. The molecule has 7 nitrogen and oxygen atoms in total. The molecular formula is C16H28ClN3O4. The van der Waals surface area contributed by atoms with Gasteiger partial charge in [-0.1, -0.05) is 0 Å². The summed E-state index contributed by atoms with van der Waals surface area (Å²) < 4.78 is 5.11. The summed E-state index contributed by atoms with van der Waals surface area (Å²) in [5.74, 6) is 0.544. The average Bonchev–Trinajstić information content (AvgIpc) is 2.50. The summed E-state index contributed by atoms with van der Waals surface area (Å²) in [4.78, 5) is 39.0. The Morgan fingerprint density at radius 1 is 1.00 bits per heavy atom. The fourth-order valence-corrected chi connectivity index (χ4v) is 2.46. The monoisotopic (exact) mass is 361 g/mol. The van der Waals surface area contributed by atoms with Gasteiger partial charge in [0, 0.05) is 51.4 Å². The molecule has 0 aromatic rings. The quantitative estimate of drug-likeness (QED) is 0.729. The van der Waals surface area contributed by atoms with Crippen molar-refractivity contribution in [1.82, 2.24) is 15.1 Å². The van der Waals surface area contributed by atoms with Crippen LogP contribution < -0.4 is 5.32 Å². The van der Waals surface area contributed by atoms with Crippen LogP contribution in [0.3, 0.4) is 0 Å². The molecule has 1 rings (SSSR count). The zero-order chi connectivity index (χ0) is 18.2. The summed E-state index contributed by atoms with van der Waals surface area (Å²) in [6, 6.07) is 0. The molecule has 0 unspecified atom stereocenters. The zero-order valence-electron chi connectivity index (χ0n) is 14.8. The summed E-state index contributed by atoms with van der Waals surface area (Å²) in [5.41, 5.74) is -0.555. The zero-order valence-corrected chi connectivity index (χ0v) is 15.5. The highest BCUT2D eigenvalue weighted by molar-refractivity contribution is 6.17. The van der Waals surface area contributed by atoms with Gasteiger partial charge in [0.2, 0.25) is 11.8 Å². The molecule has 1 N–H and O–H groups in total. The number of hydrogen-bond donors (Lipinski definition) is 1. The van der Waals surface area contributed by atoms with E-state index in [2.05, 4.69) is 5.32 Å². The van der Waals surface area contributed by atoms with Gasteiger partial charge in [0.05, 0.1) is 0 Å². The molecule has 1 saturated heterocycles. The Morgan fingerprint density at radius 2 is 1.50 bits per heavy atom. The number of nitrogens with zero attached hydrogens (tertiary/aromatic N) is 2. The Morgan fingerprint density at radius 3 is 1.96 bits per heavy atom. The van der Waals surface area contributed by atoms with Crippen LogP contribution in [0, 0.1) is 0 Å². The molecule has 0 aromatic heterocycles. The van der Waals surface area contributed by atoms with Crippen LogP contribution in [-0.4, -0.2) is 71.9 Å². The lowest BCUT2D eigenvalue weighted by Gasteiger charge is -2.35. The van der Waals surface area contributed by atoms with E-state index in [1.165, 1.54) is 0 Å². The standard InChI is InChI=1S/C16H28ClN3O4/c1-16(2,3)24-15(23)18-8-6-14(22)20-11-9-19(10-12-20)13(21)5-4-7-17/h4-12H2,1-3H3,(H,18,23). The topological polar surface area (TPSA) is 79.0 Å². The first-order valence-corrected chi connectivity index (χ1v) is 8.85. The summed E-state index contributed by atoms with van der Waals surface area (Å²) in [6.45, 7) is 7.74. The van der Waals surface area contributed by atoms with Crippen LogP contribution in [0.25, 0.3) is 0 Å². The van der Waals surface area contributed by atoms with Crippen molar-refractivity contribution >= 4 is 29.5 Å². The van der Waals surface area contributed by atoms with E-state index in [1.807, 2.05) is 0 Å². The highest BCUT2D eigenvalue weighted by Gasteiger charge is 2.23. The minimum Gasteiger partial charge on any atom is -0.444 e. The van der Waals surface area contributed by atoms with E-state index >= 15 is 0 Å². The second kappa shape index (κ2) is 9.71. The number of halogens is 1. The number of rotatable bonds is 6. The van der Waals surface area contributed by atoms with Crippen LogP contribution in [0.5, 0.6) is 0 Å². The number of ether oxygens (including phenoxy) is 1. The molecule has 0 atom stereocenters. The van der Waals surface area contributed by atoms with Crippen molar-refractivity contribution in [3.63, 3.8) is 0 Å². The van der Waals surface area contributed by atoms with Gasteiger partial charge in [0.15, 0.2) is 0 Å². The lowest BCUT2D eigenvalue weighted by Crippen LogP contribution is -2.51. The summed E-state index contributed by atoms with van der Waals surface area (Å²) in [7, 11) is 0. The van der Waals surface area contributed by atoms with Gasteiger partial charge < -0.3 is 19.9 Å². The molecule has 138 valence electrons. The minimum atomic E-state index is -0.555. The van der Waals surface area contributed by atoms with Gasteiger partial charge in [-0.15, -0.1) is 11.6 Å². The van der Waals surface area contributed by atoms with Gasteiger partial charge in [-0.2, -0.15) is 0 Å². The normalized spacial score (nSPS) is 15.2. The molecule has 24 heavy (non-hydrogen) atoms. The van der Waals surface area contributed by atoms with E-state index in [1.54, 1.807) is 30.6 Å². The Kier molecular flexibility index (Phi) is 8.31. The number of nitrogens with one attached hydrogen (secondary N) is 1. The molecule has 0 spiro atoms. The maximum absolute atomic E-state index is 12.1. The van der Waals surface area contributed by atoms with Gasteiger partial charge in [-0.3, -0.25) is 9.59 Å². The van der Waals surface area contributed by atoms with Gasteiger partial charge in [0.25, 0.3) is 0 Å².